The second-order valence-corrected chi connectivity index (χ2v) is 11.2. The summed E-state index contributed by atoms with van der Waals surface area (Å²) in [6.45, 7) is 11.0. The largest absolute Gasteiger partial charge is 0.497 e. The molecule has 0 bridgehead atoms. The summed E-state index contributed by atoms with van der Waals surface area (Å²) in [6.07, 6.45) is 13.4. The Hall–Kier alpha value is -1.10. The molecular weight excluding hydrogens is 408 g/mol. The highest BCUT2D eigenvalue weighted by molar-refractivity contribution is 5.41. The van der Waals surface area contributed by atoms with Gasteiger partial charge in [-0.2, -0.15) is 0 Å². The maximum absolute atomic E-state index is 5.97. The van der Waals surface area contributed by atoms with E-state index in [0.29, 0.717) is 6.04 Å². The molecule has 2 fully saturated rings. The van der Waals surface area contributed by atoms with E-state index in [1.165, 1.54) is 88.5 Å². The number of nitrogens with one attached hydrogen (secondary N) is 1. The topological polar surface area (TPSA) is 33.7 Å². The molecule has 0 amide bonds. The van der Waals surface area contributed by atoms with Crippen molar-refractivity contribution in [3.8, 4) is 5.75 Å². The van der Waals surface area contributed by atoms with Gasteiger partial charge in [0.2, 0.25) is 0 Å². The van der Waals surface area contributed by atoms with Crippen molar-refractivity contribution in [1.29, 1.82) is 0 Å². The molecule has 1 N–H and O–H groups in total. The Bertz CT molecular complexity index is 728. The molecule has 186 valence electrons. The summed E-state index contributed by atoms with van der Waals surface area (Å²) in [4.78, 5) is 2.77. The van der Waals surface area contributed by atoms with Crippen LogP contribution in [0.3, 0.4) is 0 Å². The van der Waals surface area contributed by atoms with Crippen LogP contribution in [-0.4, -0.2) is 57.4 Å². The molecule has 0 saturated heterocycles. The Morgan fingerprint density at radius 1 is 1.09 bits per heavy atom. The fourth-order valence-corrected chi connectivity index (χ4v) is 6.12. The lowest BCUT2D eigenvalue weighted by Crippen LogP contribution is -2.46. The van der Waals surface area contributed by atoms with Crippen molar-refractivity contribution in [3.05, 3.63) is 29.3 Å². The van der Waals surface area contributed by atoms with Crippen LogP contribution >= 0.6 is 0 Å². The van der Waals surface area contributed by atoms with Crippen LogP contribution in [0.1, 0.15) is 82.8 Å². The molecule has 4 heteroatoms. The van der Waals surface area contributed by atoms with Crippen LogP contribution in [0.15, 0.2) is 18.2 Å². The van der Waals surface area contributed by atoms with E-state index >= 15 is 0 Å². The molecule has 2 aliphatic carbocycles. The Kier molecular flexibility index (Phi) is 9.12. The minimum atomic E-state index is 0.168. The Labute approximate surface area is 202 Å². The van der Waals surface area contributed by atoms with Crippen molar-refractivity contribution in [2.45, 2.75) is 89.5 Å². The quantitative estimate of drug-likeness (QED) is 0.441. The van der Waals surface area contributed by atoms with E-state index in [9.17, 15) is 0 Å². The van der Waals surface area contributed by atoms with Crippen molar-refractivity contribution in [3.63, 3.8) is 0 Å². The number of fused-ring (bicyclic) bond motifs is 1. The van der Waals surface area contributed by atoms with E-state index in [0.717, 1.165) is 43.8 Å². The molecule has 1 aromatic rings. The maximum atomic E-state index is 5.97. The Morgan fingerprint density at radius 2 is 1.91 bits per heavy atom. The number of rotatable bonds is 11. The second-order valence-electron chi connectivity index (χ2n) is 11.2. The lowest BCUT2D eigenvalue weighted by Gasteiger charge is -2.41. The van der Waals surface area contributed by atoms with Gasteiger partial charge in [-0.05, 0) is 112 Å². The fourth-order valence-electron chi connectivity index (χ4n) is 6.12. The zero-order valence-electron chi connectivity index (χ0n) is 21.5. The standard InChI is InChI=1S/C29H48N2O2/c1-4-33-22-26-18-25-12-13-27(32-3)19-28(25)29(2,15-17-31(26)21-24-10-11-24)14-16-30-20-23-8-6-5-7-9-23/h12-13,19,23-24,26,30H,4-11,14-18,20-22H2,1-3H3. The third kappa shape index (κ3) is 6.96. The van der Waals surface area contributed by atoms with E-state index in [-0.39, 0.29) is 5.41 Å². The highest BCUT2D eigenvalue weighted by Gasteiger charge is 2.36. The molecule has 2 saturated carbocycles. The lowest BCUT2D eigenvalue weighted by atomic mass is 9.72. The van der Waals surface area contributed by atoms with Crippen molar-refractivity contribution < 1.29 is 9.47 Å². The first kappa shape index (κ1) is 25.0. The molecular formula is C29H48N2O2. The molecule has 4 rings (SSSR count). The number of methoxy groups -OCH3 is 1. The highest BCUT2D eigenvalue weighted by atomic mass is 16.5. The predicted octanol–water partition coefficient (Wildman–Crippen LogP) is 5.58. The minimum Gasteiger partial charge on any atom is -0.497 e. The summed E-state index contributed by atoms with van der Waals surface area (Å²) in [7, 11) is 1.79. The van der Waals surface area contributed by atoms with E-state index in [4.69, 9.17) is 9.47 Å². The summed E-state index contributed by atoms with van der Waals surface area (Å²) in [5, 5.41) is 3.85. The molecule has 2 atom stereocenters. The number of nitrogens with zero attached hydrogens (tertiary/aromatic N) is 1. The van der Waals surface area contributed by atoms with Crippen LogP contribution in [0, 0.1) is 11.8 Å². The SMILES string of the molecule is CCOCC1Cc2ccc(OC)cc2C(C)(CCNCC2CCCCC2)CCN1CC1CC1. The third-order valence-electron chi connectivity index (χ3n) is 8.61. The van der Waals surface area contributed by atoms with Gasteiger partial charge in [0.1, 0.15) is 5.75 Å². The van der Waals surface area contributed by atoms with Gasteiger partial charge in [0.05, 0.1) is 13.7 Å². The van der Waals surface area contributed by atoms with E-state index in [2.05, 4.69) is 42.3 Å². The fraction of sp³-hybridized carbons (Fsp3) is 0.793. The lowest BCUT2D eigenvalue weighted by molar-refractivity contribution is 0.0558. The first-order valence-electron chi connectivity index (χ1n) is 13.8. The van der Waals surface area contributed by atoms with E-state index in [1.807, 2.05) is 0 Å². The number of hydrogen-bond acceptors (Lipinski definition) is 4. The number of hydrogen-bond donors (Lipinski definition) is 1. The molecule has 4 nitrogen and oxygen atoms in total. The van der Waals surface area contributed by atoms with Crippen LogP contribution in [0.5, 0.6) is 5.75 Å². The van der Waals surface area contributed by atoms with Gasteiger partial charge < -0.3 is 14.8 Å². The number of ether oxygens (including phenoxy) is 2. The van der Waals surface area contributed by atoms with Crippen LogP contribution in [0.4, 0.5) is 0 Å². The number of benzene rings is 1. The van der Waals surface area contributed by atoms with Gasteiger partial charge >= 0.3 is 0 Å². The molecule has 33 heavy (non-hydrogen) atoms. The van der Waals surface area contributed by atoms with E-state index in [1.54, 1.807) is 7.11 Å². The summed E-state index contributed by atoms with van der Waals surface area (Å²) in [6, 6.07) is 7.31. The summed E-state index contributed by atoms with van der Waals surface area (Å²) < 4.78 is 11.6. The molecule has 0 spiro atoms. The third-order valence-corrected chi connectivity index (χ3v) is 8.61. The monoisotopic (exact) mass is 456 g/mol. The Balaban J connectivity index is 1.49. The van der Waals surface area contributed by atoms with Gasteiger partial charge in [-0.15, -0.1) is 0 Å². The van der Waals surface area contributed by atoms with Gasteiger partial charge in [-0.1, -0.05) is 32.3 Å². The van der Waals surface area contributed by atoms with Crippen molar-refractivity contribution >= 4 is 0 Å². The summed E-state index contributed by atoms with van der Waals surface area (Å²) in [5.41, 5.74) is 3.17. The van der Waals surface area contributed by atoms with Gasteiger partial charge in [0.15, 0.2) is 0 Å². The smallest absolute Gasteiger partial charge is 0.119 e. The summed E-state index contributed by atoms with van der Waals surface area (Å²) >= 11 is 0. The first-order chi connectivity index (χ1) is 16.1. The van der Waals surface area contributed by atoms with Crippen LogP contribution in [-0.2, 0) is 16.6 Å². The maximum Gasteiger partial charge on any atom is 0.119 e. The minimum absolute atomic E-state index is 0.168. The van der Waals surface area contributed by atoms with E-state index < -0.39 is 0 Å². The van der Waals surface area contributed by atoms with Crippen molar-refractivity contribution in [2.24, 2.45) is 11.8 Å². The highest BCUT2D eigenvalue weighted by Crippen LogP contribution is 2.40. The summed E-state index contributed by atoms with van der Waals surface area (Å²) in [5.74, 6) is 2.80. The molecule has 2 unspecified atom stereocenters. The average molecular weight is 457 g/mol. The van der Waals surface area contributed by atoms with Crippen molar-refractivity contribution in [2.75, 3.05) is 46.5 Å². The molecule has 0 aromatic heterocycles. The van der Waals surface area contributed by atoms with Gasteiger partial charge in [0, 0.05) is 19.2 Å². The second kappa shape index (κ2) is 12.0. The molecule has 0 radical (unpaired) electrons. The molecule has 3 aliphatic rings. The van der Waals surface area contributed by atoms with Crippen molar-refractivity contribution in [1.82, 2.24) is 10.2 Å². The normalized spacial score (nSPS) is 27.1. The van der Waals surface area contributed by atoms with Crippen LogP contribution < -0.4 is 10.1 Å². The first-order valence-corrected chi connectivity index (χ1v) is 13.8. The zero-order valence-corrected chi connectivity index (χ0v) is 21.5. The van der Waals surface area contributed by atoms with Gasteiger partial charge in [-0.3, -0.25) is 4.90 Å². The molecule has 1 heterocycles. The zero-order chi connectivity index (χ0) is 23.1. The average Bonchev–Trinajstić information content (AvgIpc) is 3.66. The van der Waals surface area contributed by atoms with Crippen LogP contribution in [0.2, 0.25) is 0 Å². The Morgan fingerprint density at radius 3 is 2.64 bits per heavy atom. The predicted molar refractivity (Wildman–Crippen MR) is 137 cm³/mol. The van der Waals surface area contributed by atoms with Gasteiger partial charge in [-0.25, -0.2) is 0 Å². The van der Waals surface area contributed by atoms with Gasteiger partial charge in [0.25, 0.3) is 0 Å². The molecule has 1 aliphatic heterocycles. The van der Waals surface area contributed by atoms with Crippen LogP contribution in [0.25, 0.3) is 0 Å². The molecule has 1 aromatic carbocycles.